The number of carbonyl (C=O) groups is 2. The lowest BCUT2D eigenvalue weighted by atomic mass is 10.1. The van der Waals surface area contributed by atoms with E-state index in [1.807, 2.05) is 13.8 Å². The molecule has 0 heterocycles. The number of ether oxygens (including phenoxy) is 3. The highest BCUT2D eigenvalue weighted by atomic mass is 16.6. The second-order valence-electron chi connectivity index (χ2n) is 6.78. The predicted molar refractivity (Wildman–Crippen MR) is 110 cm³/mol. The first kappa shape index (κ1) is 22.8. The molecule has 9 nitrogen and oxygen atoms in total. The zero-order valence-electron chi connectivity index (χ0n) is 17.3. The van der Waals surface area contributed by atoms with E-state index in [-0.39, 0.29) is 17.5 Å². The maximum Gasteiger partial charge on any atom is 0.338 e. The van der Waals surface area contributed by atoms with E-state index in [0.29, 0.717) is 23.4 Å². The molecule has 0 atom stereocenters. The van der Waals surface area contributed by atoms with Crippen molar-refractivity contribution in [2.24, 2.45) is 0 Å². The SMILES string of the molecule is COc1cc(NC(=O)COC(=O)c2ccc(COC(C)C)cc2)c(C)cc1[N+](=O)[O-]. The Morgan fingerprint density at radius 1 is 1.17 bits per heavy atom. The lowest BCUT2D eigenvalue weighted by Gasteiger charge is -2.11. The Balaban J connectivity index is 1.94. The Labute approximate surface area is 174 Å². The molecule has 160 valence electrons. The van der Waals surface area contributed by atoms with Gasteiger partial charge in [0.05, 0.1) is 30.3 Å². The summed E-state index contributed by atoms with van der Waals surface area (Å²) in [5, 5.41) is 13.6. The molecule has 0 saturated carbocycles. The number of hydrogen-bond donors (Lipinski definition) is 1. The number of carbonyl (C=O) groups excluding carboxylic acids is 2. The highest BCUT2D eigenvalue weighted by Gasteiger charge is 2.19. The molecule has 2 rings (SSSR count). The second kappa shape index (κ2) is 10.4. The molecule has 2 aromatic carbocycles. The van der Waals surface area contributed by atoms with Gasteiger partial charge in [0.1, 0.15) is 0 Å². The Morgan fingerprint density at radius 3 is 2.40 bits per heavy atom. The van der Waals surface area contributed by atoms with E-state index in [9.17, 15) is 19.7 Å². The van der Waals surface area contributed by atoms with Crippen LogP contribution in [0.15, 0.2) is 36.4 Å². The average molecular weight is 416 g/mol. The quantitative estimate of drug-likeness (QED) is 0.377. The van der Waals surface area contributed by atoms with Gasteiger partial charge in [0.2, 0.25) is 0 Å². The van der Waals surface area contributed by atoms with Gasteiger partial charge in [0.15, 0.2) is 12.4 Å². The van der Waals surface area contributed by atoms with Crippen molar-refractivity contribution in [1.82, 2.24) is 0 Å². The normalized spacial score (nSPS) is 10.6. The van der Waals surface area contributed by atoms with Crippen LogP contribution in [-0.2, 0) is 20.9 Å². The molecule has 9 heteroatoms. The summed E-state index contributed by atoms with van der Waals surface area (Å²) in [6.07, 6.45) is 0.104. The molecular formula is C21H24N2O7. The number of nitro groups is 1. The standard InChI is InChI=1S/C21H24N2O7/c1-13(2)29-11-15-5-7-16(8-6-15)21(25)30-12-20(24)22-17-10-19(28-4)18(23(26)27)9-14(17)3/h5-10,13H,11-12H2,1-4H3,(H,22,24). The van der Waals surface area contributed by atoms with E-state index in [2.05, 4.69) is 5.32 Å². The molecule has 30 heavy (non-hydrogen) atoms. The number of methoxy groups -OCH3 is 1. The van der Waals surface area contributed by atoms with Crippen LogP contribution in [0.25, 0.3) is 0 Å². The van der Waals surface area contributed by atoms with Gasteiger partial charge in [-0.15, -0.1) is 0 Å². The third kappa shape index (κ3) is 6.28. The molecule has 0 spiro atoms. The molecule has 0 aliphatic rings. The van der Waals surface area contributed by atoms with E-state index in [0.717, 1.165) is 5.56 Å². The van der Waals surface area contributed by atoms with Crippen molar-refractivity contribution in [2.75, 3.05) is 19.0 Å². The van der Waals surface area contributed by atoms with Gasteiger partial charge in [-0.3, -0.25) is 14.9 Å². The highest BCUT2D eigenvalue weighted by Crippen LogP contribution is 2.32. The van der Waals surface area contributed by atoms with Crippen LogP contribution in [0.3, 0.4) is 0 Å². The number of nitro benzene ring substituents is 1. The van der Waals surface area contributed by atoms with Gasteiger partial charge in [-0.1, -0.05) is 12.1 Å². The number of rotatable bonds is 9. The summed E-state index contributed by atoms with van der Waals surface area (Å²) in [7, 11) is 1.30. The van der Waals surface area contributed by atoms with Crippen molar-refractivity contribution in [2.45, 2.75) is 33.5 Å². The number of benzene rings is 2. The largest absolute Gasteiger partial charge is 0.490 e. The molecule has 0 radical (unpaired) electrons. The monoisotopic (exact) mass is 416 g/mol. The van der Waals surface area contributed by atoms with E-state index in [4.69, 9.17) is 14.2 Å². The number of nitrogens with zero attached hydrogens (tertiary/aromatic N) is 1. The molecule has 2 aromatic rings. The number of esters is 1. The van der Waals surface area contributed by atoms with E-state index >= 15 is 0 Å². The zero-order valence-corrected chi connectivity index (χ0v) is 17.3. The summed E-state index contributed by atoms with van der Waals surface area (Å²) in [5.74, 6) is -1.21. The first-order valence-electron chi connectivity index (χ1n) is 9.21. The maximum absolute atomic E-state index is 12.1. The Morgan fingerprint density at radius 2 is 1.83 bits per heavy atom. The van der Waals surface area contributed by atoms with E-state index < -0.39 is 23.4 Å². The van der Waals surface area contributed by atoms with Gasteiger partial charge in [0.25, 0.3) is 5.91 Å². The smallest absolute Gasteiger partial charge is 0.338 e. The molecule has 0 aliphatic heterocycles. The Bertz CT molecular complexity index is 924. The molecule has 0 fully saturated rings. The summed E-state index contributed by atoms with van der Waals surface area (Å²) in [4.78, 5) is 34.7. The summed E-state index contributed by atoms with van der Waals surface area (Å²) in [6.45, 7) is 5.41. The number of nitrogens with one attached hydrogen (secondary N) is 1. The zero-order chi connectivity index (χ0) is 22.3. The molecule has 0 bridgehead atoms. The van der Waals surface area contributed by atoms with Gasteiger partial charge < -0.3 is 19.5 Å². The van der Waals surface area contributed by atoms with Crippen molar-refractivity contribution < 1.29 is 28.7 Å². The molecular weight excluding hydrogens is 392 g/mol. The van der Waals surface area contributed by atoms with Crippen molar-refractivity contribution in [3.05, 3.63) is 63.2 Å². The summed E-state index contributed by atoms with van der Waals surface area (Å²) in [6, 6.07) is 9.36. The minimum atomic E-state index is -0.639. The average Bonchev–Trinajstić information content (AvgIpc) is 2.71. The van der Waals surface area contributed by atoms with Crippen molar-refractivity contribution in [3.63, 3.8) is 0 Å². The van der Waals surface area contributed by atoms with E-state index in [1.165, 1.54) is 19.2 Å². The third-order valence-electron chi connectivity index (χ3n) is 4.10. The fourth-order valence-corrected chi connectivity index (χ4v) is 2.51. The fraction of sp³-hybridized carbons (Fsp3) is 0.333. The van der Waals surface area contributed by atoms with Crippen LogP contribution in [0, 0.1) is 17.0 Å². The molecule has 1 amide bonds. The molecule has 1 N–H and O–H groups in total. The minimum absolute atomic E-state index is 0.0134. The van der Waals surface area contributed by atoms with Crippen LogP contribution in [0.5, 0.6) is 5.75 Å². The highest BCUT2D eigenvalue weighted by molar-refractivity contribution is 5.96. The number of anilines is 1. The summed E-state index contributed by atoms with van der Waals surface area (Å²) < 4.78 is 15.5. The second-order valence-corrected chi connectivity index (χ2v) is 6.78. The van der Waals surface area contributed by atoms with Crippen molar-refractivity contribution in [3.8, 4) is 5.75 Å². The first-order chi connectivity index (χ1) is 14.2. The summed E-state index contributed by atoms with van der Waals surface area (Å²) >= 11 is 0. The van der Waals surface area contributed by atoms with Crippen LogP contribution >= 0.6 is 0 Å². The first-order valence-corrected chi connectivity index (χ1v) is 9.21. The predicted octanol–water partition coefficient (Wildman–Crippen LogP) is 3.63. The van der Waals surface area contributed by atoms with Gasteiger partial charge in [-0.25, -0.2) is 4.79 Å². The van der Waals surface area contributed by atoms with Gasteiger partial charge in [-0.2, -0.15) is 0 Å². The topological polar surface area (TPSA) is 117 Å². The Hall–Kier alpha value is -3.46. The van der Waals surface area contributed by atoms with Crippen LogP contribution < -0.4 is 10.1 Å². The van der Waals surface area contributed by atoms with Crippen LogP contribution in [-0.4, -0.2) is 36.6 Å². The fourth-order valence-electron chi connectivity index (χ4n) is 2.51. The van der Waals surface area contributed by atoms with Crippen LogP contribution in [0.1, 0.15) is 35.3 Å². The number of aryl methyl sites for hydroxylation is 1. The van der Waals surface area contributed by atoms with E-state index in [1.54, 1.807) is 31.2 Å². The van der Waals surface area contributed by atoms with Crippen LogP contribution in [0.2, 0.25) is 0 Å². The number of hydrogen-bond acceptors (Lipinski definition) is 7. The van der Waals surface area contributed by atoms with Gasteiger partial charge in [0, 0.05) is 17.8 Å². The summed E-state index contributed by atoms with van der Waals surface area (Å²) in [5.41, 5.74) is 1.82. The molecule has 0 saturated heterocycles. The van der Waals surface area contributed by atoms with Crippen molar-refractivity contribution >= 4 is 23.3 Å². The lowest BCUT2D eigenvalue weighted by Crippen LogP contribution is -2.21. The molecule has 0 unspecified atom stereocenters. The Kier molecular flexibility index (Phi) is 7.88. The minimum Gasteiger partial charge on any atom is -0.490 e. The third-order valence-corrected chi connectivity index (χ3v) is 4.10. The number of amides is 1. The molecule has 0 aliphatic carbocycles. The maximum atomic E-state index is 12.1. The van der Waals surface area contributed by atoms with Crippen LogP contribution in [0.4, 0.5) is 11.4 Å². The van der Waals surface area contributed by atoms with Crippen molar-refractivity contribution in [1.29, 1.82) is 0 Å². The van der Waals surface area contributed by atoms with Gasteiger partial charge >= 0.3 is 11.7 Å². The van der Waals surface area contributed by atoms with Gasteiger partial charge in [-0.05, 0) is 44.0 Å². The molecule has 0 aromatic heterocycles. The lowest BCUT2D eigenvalue weighted by molar-refractivity contribution is -0.385.